The summed E-state index contributed by atoms with van der Waals surface area (Å²) in [7, 11) is 0. The molecule has 0 fully saturated rings. The summed E-state index contributed by atoms with van der Waals surface area (Å²) in [4.78, 5) is 7.09. The first-order valence-electron chi connectivity index (χ1n) is 17.6. The number of hydrogen-bond donors (Lipinski definition) is 0. The summed E-state index contributed by atoms with van der Waals surface area (Å²) in [6, 6.07) is 61.6. The van der Waals surface area contributed by atoms with Gasteiger partial charge in [-0.2, -0.15) is 0 Å². The van der Waals surface area contributed by atoms with E-state index in [0.717, 1.165) is 17.2 Å². The highest BCUT2D eigenvalue weighted by Gasteiger charge is 2.35. The zero-order valence-electron chi connectivity index (χ0n) is 28.6. The average molecular weight is 654 g/mol. The van der Waals surface area contributed by atoms with Crippen LogP contribution in [0.15, 0.2) is 176 Å². The highest BCUT2D eigenvalue weighted by atomic mass is 15.2. The molecule has 0 saturated carbocycles. The van der Waals surface area contributed by atoms with Crippen molar-refractivity contribution >= 4 is 49.8 Å². The van der Waals surface area contributed by atoms with Crippen molar-refractivity contribution in [2.45, 2.75) is 19.3 Å². The second-order valence-electron chi connectivity index (χ2n) is 14.1. The fourth-order valence-electron chi connectivity index (χ4n) is 8.36. The Bertz CT molecular complexity index is 2760. The summed E-state index contributed by atoms with van der Waals surface area (Å²) in [5, 5.41) is 5.06. The van der Waals surface area contributed by atoms with Crippen molar-refractivity contribution in [3.05, 3.63) is 187 Å². The third-order valence-corrected chi connectivity index (χ3v) is 10.8. The maximum Gasteiger partial charge on any atom is 0.137 e. The van der Waals surface area contributed by atoms with Crippen LogP contribution in [-0.4, -0.2) is 9.55 Å². The smallest absolute Gasteiger partial charge is 0.137 e. The number of hydrogen-bond acceptors (Lipinski definition) is 2. The molecule has 3 heteroatoms. The van der Waals surface area contributed by atoms with Crippen molar-refractivity contribution in [3.63, 3.8) is 0 Å². The Kier molecular flexibility index (Phi) is 6.53. The summed E-state index contributed by atoms with van der Waals surface area (Å²) in [5.41, 5.74) is 13.4. The van der Waals surface area contributed by atoms with E-state index in [0.29, 0.717) is 0 Å². The highest BCUT2D eigenvalue weighted by molar-refractivity contribution is 6.21. The molecule has 0 spiro atoms. The van der Waals surface area contributed by atoms with E-state index < -0.39 is 0 Å². The van der Waals surface area contributed by atoms with Crippen molar-refractivity contribution in [2.75, 3.05) is 4.90 Å². The molecular weight excluding hydrogens is 619 g/mol. The quantitative estimate of drug-likeness (QED) is 0.184. The Morgan fingerprint density at radius 3 is 2.06 bits per heavy atom. The minimum Gasteiger partial charge on any atom is -0.309 e. The molecule has 0 radical (unpaired) electrons. The Morgan fingerprint density at radius 2 is 1.22 bits per heavy atom. The SMILES string of the molecule is CC1(C)c2ccccc2-c2ccc(N(c3ccc(-c4ccc5c(c4)c4c6ccccc6ccc4n5-c4ccccc4)cc3)c3ccccn3)cc21. The number of para-hydroxylation sites is 1. The molecule has 0 saturated heterocycles. The van der Waals surface area contributed by atoms with Gasteiger partial charge in [-0.3, -0.25) is 4.90 Å². The van der Waals surface area contributed by atoms with Crippen molar-refractivity contribution in [3.8, 4) is 27.9 Å². The van der Waals surface area contributed by atoms with Crippen LogP contribution >= 0.6 is 0 Å². The molecular formula is C48H35N3. The lowest BCUT2D eigenvalue weighted by molar-refractivity contribution is 0.660. The molecule has 1 aliphatic rings. The molecule has 0 aliphatic heterocycles. The van der Waals surface area contributed by atoms with Gasteiger partial charge < -0.3 is 4.57 Å². The maximum atomic E-state index is 4.82. The molecule has 242 valence electrons. The van der Waals surface area contributed by atoms with E-state index in [1.165, 1.54) is 71.6 Å². The lowest BCUT2D eigenvalue weighted by Crippen LogP contribution is -2.16. The van der Waals surface area contributed by atoms with E-state index in [-0.39, 0.29) is 5.41 Å². The molecule has 51 heavy (non-hydrogen) atoms. The predicted molar refractivity (Wildman–Crippen MR) is 214 cm³/mol. The lowest BCUT2D eigenvalue weighted by atomic mass is 9.82. The summed E-state index contributed by atoms with van der Waals surface area (Å²) >= 11 is 0. The Balaban J connectivity index is 1.10. The van der Waals surface area contributed by atoms with Crippen LogP contribution in [0.4, 0.5) is 17.2 Å². The second-order valence-corrected chi connectivity index (χ2v) is 14.1. The minimum absolute atomic E-state index is 0.0881. The van der Waals surface area contributed by atoms with Gasteiger partial charge in [-0.05, 0) is 111 Å². The van der Waals surface area contributed by atoms with Gasteiger partial charge in [0, 0.05) is 39.4 Å². The average Bonchev–Trinajstić information content (AvgIpc) is 3.64. The number of rotatable bonds is 5. The molecule has 0 bridgehead atoms. The first kappa shape index (κ1) is 29.5. The molecule has 0 atom stereocenters. The molecule has 0 unspecified atom stereocenters. The normalized spacial score (nSPS) is 13.1. The van der Waals surface area contributed by atoms with Crippen molar-refractivity contribution < 1.29 is 0 Å². The summed E-state index contributed by atoms with van der Waals surface area (Å²) in [6.07, 6.45) is 1.87. The van der Waals surface area contributed by atoms with E-state index in [1.54, 1.807) is 0 Å². The Hall–Kier alpha value is -6.45. The van der Waals surface area contributed by atoms with Crippen LogP contribution in [0.1, 0.15) is 25.0 Å². The Labute approximate surface area is 297 Å². The van der Waals surface area contributed by atoms with E-state index in [4.69, 9.17) is 4.98 Å². The van der Waals surface area contributed by atoms with Crippen LogP contribution in [0.25, 0.3) is 60.5 Å². The molecule has 3 nitrogen and oxygen atoms in total. The molecule has 2 heterocycles. The Morgan fingerprint density at radius 1 is 0.510 bits per heavy atom. The van der Waals surface area contributed by atoms with Gasteiger partial charge in [-0.25, -0.2) is 4.98 Å². The van der Waals surface area contributed by atoms with E-state index in [9.17, 15) is 0 Å². The maximum absolute atomic E-state index is 4.82. The second kappa shape index (κ2) is 11.3. The summed E-state index contributed by atoms with van der Waals surface area (Å²) in [5.74, 6) is 0.889. The van der Waals surface area contributed by atoms with E-state index >= 15 is 0 Å². The molecule has 9 aromatic rings. The third kappa shape index (κ3) is 4.55. The summed E-state index contributed by atoms with van der Waals surface area (Å²) in [6.45, 7) is 4.66. The predicted octanol–water partition coefficient (Wildman–Crippen LogP) is 12.8. The van der Waals surface area contributed by atoms with Gasteiger partial charge in [0.2, 0.25) is 0 Å². The minimum atomic E-state index is -0.0881. The number of pyridine rings is 1. The molecule has 7 aromatic carbocycles. The van der Waals surface area contributed by atoms with Gasteiger partial charge in [0.1, 0.15) is 5.82 Å². The highest BCUT2D eigenvalue weighted by Crippen LogP contribution is 2.50. The van der Waals surface area contributed by atoms with Crippen LogP contribution in [-0.2, 0) is 5.41 Å². The first-order valence-corrected chi connectivity index (χ1v) is 17.6. The van der Waals surface area contributed by atoms with Gasteiger partial charge in [-0.1, -0.05) is 117 Å². The molecule has 10 rings (SSSR count). The number of aromatic nitrogens is 2. The lowest BCUT2D eigenvalue weighted by Gasteiger charge is -2.27. The fraction of sp³-hybridized carbons (Fsp3) is 0.0625. The van der Waals surface area contributed by atoms with E-state index in [1.807, 2.05) is 12.3 Å². The van der Waals surface area contributed by atoms with Crippen LogP contribution in [0.3, 0.4) is 0 Å². The zero-order valence-corrected chi connectivity index (χ0v) is 28.6. The first-order chi connectivity index (χ1) is 25.1. The van der Waals surface area contributed by atoms with Gasteiger partial charge in [0.05, 0.1) is 11.0 Å². The van der Waals surface area contributed by atoms with E-state index in [2.05, 4.69) is 187 Å². The molecule has 0 N–H and O–H groups in total. The molecule has 2 aromatic heterocycles. The van der Waals surface area contributed by atoms with Crippen molar-refractivity contribution in [2.24, 2.45) is 0 Å². The number of fused-ring (bicyclic) bond motifs is 8. The van der Waals surface area contributed by atoms with Crippen molar-refractivity contribution in [1.82, 2.24) is 9.55 Å². The molecule has 1 aliphatic carbocycles. The fourth-order valence-corrected chi connectivity index (χ4v) is 8.36. The number of anilines is 3. The zero-order chi connectivity index (χ0) is 34.1. The standard InChI is InChI=1S/C48H35N3/c1-48(2)42-17-9-8-16-39(42)40-26-25-37(31-43(40)48)50(46-18-10-11-29-49-46)36-23-19-32(20-24-36)34-22-27-44-41(30-34)47-38-15-7-6-12-33(38)21-28-45(47)51(44)35-13-4-3-5-14-35/h3-31H,1-2H3. The third-order valence-electron chi connectivity index (χ3n) is 10.8. The van der Waals surface area contributed by atoms with Crippen LogP contribution in [0, 0.1) is 0 Å². The van der Waals surface area contributed by atoms with Gasteiger partial charge in [-0.15, -0.1) is 0 Å². The van der Waals surface area contributed by atoms with Gasteiger partial charge >= 0.3 is 0 Å². The monoisotopic (exact) mass is 653 g/mol. The van der Waals surface area contributed by atoms with Crippen LogP contribution in [0.2, 0.25) is 0 Å². The summed E-state index contributed by atoms with van der Waals surface area (Å²) < 4.78 is 2.39. The van der Waals surface area contributed by atoms with Crippen molar-refractivity contribution in [1.29, 1.82) is 0 Å². The topological polar surface area (TPSA) is 21.1 Å². The van der Waals surface area contributed by atoms with Gasteiger partial charge in [0.15, 0.2) is 0 Å². The van der Waals surface area contributed by atoms with Gasteiger partial charge in [0.25, 0.3) is 0 Å². The largest absolute Gasteiger partial charge is 0.309 e. The number of benzene rings is 7. The van der Waals surface area contributed by atoms with Crippen LogP contribution < -0.4 is 4.90 Å². The van der Waals surface area contributed by atoms with Crippen LogP contribution in [0.5, 0.6) is 0 Å². The number of nitrogens with zero attached hydrogens (tertiary/aromatic N) is 3. The molecule has 0 amide bonds.